The molecule has 0 aromatic heterocycles. The van der Waals surface area contributed by atoms with Gasteiger partial charge in [-0.2, -0.15) is 13.2 Å². The van der Waals surface area contributed by atoms with E-state index in [0.717, 1.165) is 0 Å². The molecule has 1 rings (SSSR count). The molecule has 3 atom stereocenters. The van der Waals surface area contributed by atoms with E-state index in [9.17, 15) is 18.0 Å². The molecule has 118 valence electrons. The topological polar surface area (TPSA) is 49.3 Å². The molecule has 0 bridgehead atoms. The van der Waals surface area contributed by atoms with Crippen LogP contribution in [-0.4, -0.2) is 29.3 Å². The van der Waals surface area contributed by atoms with Crippen LogP contribution in [0.15, 0.2) is 0 Å². The van der Waals surface area contributed by atoms with Crippen molar-refractivity contribution in [1.29, 1.82) is 0 Å². The molecule has 3 nitrogen and oxygen atoms in total. The summed E-state index contributed by atoms with van der Waals surface area (Å²) in [5, 5.41) is 11.7. The highest BCUT2D eigenvalue weighted by atomic mass is 19.4. The van der Waals surface area contributed by atoms with Crippen molar-refractivity contribution >= 4 is 5.91 Å². The molecule has 0 aliphatic heterocycles. The molecule has 0 aromatic rings. The van der Waals surface area contributed by atoms with E-state index >= 15 is 0 Å². The predicted molar refractivity (Wildman–Crippen MR) is 70.0 cm³/mol. The van der Waals surface area contributed by atoms with E-state index in [-0.39, 0.29) is 19.4 Å². The predicted octanol–water partition coefficient (Wildman–Crippen LogP) is 3.02. The maximum Gasteiger partial charge on any atom is 0.392 e. The van der Waals surface area contributed by atoms with Gasteiger partial charge in [0.25, 0.3) is 0 Å². The molecule has 1 amide bonds. The highest BCUT2D eigenvalue weighted by Gasteiger charge is 2.48. The number of nitrogens with one attached hydrogen (secondary N) is 1. The zero-order valence-corrected chi connectivity index (χ0v) is 12.1. The first-order valence-corrected chi connectivity index (χ1v) is 7.23. The Kier molecular flexibility index (Phi) is 5.86. The first-order chi connectivity index (χ1) is 9.23. The lowest BCUT2D eigenvalue weighted by Crippen LogP contribution is -2.51. The van der Waals surface area contributed by atoms with Crippen molar-refractivity contribution in [2.75, 3.05) is 6.61 Å². The van der Waals surface area contributed by atoms with E-state index in [1.807, 2.05) is 6.92 Å². The summed E-state index contributed by atoms with van der Waals surface area (Å²) < 4.78 is 39.0. The van der Waals surface area contributed by atoms with E-state index < -0.39 is 29.5 Å². The lowest BCUT2D eigenvalue weighted by atomic mass is 9.77. The Morgan fingerprint density at radius 2 is 1.90 bits per heavy atom. The summed E-state index contributed by atoms with van der Waals surface area (Å²) in [6.45, 7) is 3.50. The van der Waals surface area contributed by atoms with E-state index in [1.165, 1.54) is 0 Å². The monoisotopic (exact) mass is 295 g/mol. The Hall–Kier alpha value is -0.780. The minimum absolute atomic E-state index is 0.0322. The van der Waals surface area contributed by atoms with Crippen molar-refractivity contribution in [3.05, 3.63) is 0 Å². The summed E-state index contributed by atoms with van der Waals surface area (Å²) in [6, 6.07) is 0. The number of rotatable bonds is 5. The van der Waals surface area contributed by atoms with Gasteiger partial charge in [0, 0.05) is 18.1 Å². The molecule has 0 spiro atoms. The number of hydrogen-bond acceptors (Lipinski definition) is 2. The van der Waals surface area contributed by atoms with Crippen LogP contribution in [0.2, 0.25) is 0 Å². The normalized spacial score (nSPS) is 26.9. The van der Waals surface area contributed by atoms with Crippen molar-refractivity contribution in [2.45, 2.75) is 64.1 Å². The van der Waals surface area contributed by atoms with Crippen molar-refractivity contribution in [1.82, 2.24) is 5.32 Å². The number of halogens is 3. The summed E-state index contributed by atoms with van der Waals surface area (Å²) in [7, 11) is 0. The maximum atomic E-state index is 13.0. The summed E-state index contributed by atoms with van der Waals surface area (Å²) in [5.74, 6) is -3.05. The standard InChI is InChI=1S/C14H24F3NO2/c1-3-13(2,8-9-19)18-12(20)10-6-4-5-7-11(10)14(15,16)17/h10-11,19H,3-9H2,1-2H3,(H,18,20). The number of carbonyl (C=O) groups is 1. The first-order valence-electron chi connectivity index (χ1n) is 7.23. The third kappa shape index (κ3) is 4.36. The molecule has 1 saturated carbocycles. The Morgan fingerprint density at radius 3 is 2.40 bits per heavy atom. The largest absolute Gasteiger partial charge is 0.396 e. The van der Waals surface area contributed by atoms with Crippen LogP contribution in [0.3, 0.4) is 0 Å². The Bertz CT molecular complexity index is 333. The fourth-order valence-corrected chi connectivity index (χ4v) is 2.80. The molecule has 2 N–H and O–H groups in total. The first kappa shape index (κ1) is 17.3. The number of carbonyl (C=O) groups excluding carboxylic acids is 1. The molecule has 1 aliphatic rings. The molecule has 6 heteroatoms. The number of aliphatic hydroxyl groups excluding tert-OH is 1. The SMILES string of the molecule is CCC(C)(CCO)NC(=O)C1CCCCC1C(F)(F)F. The molecule has 0 aromatic carbocycles. The number of alkyl halides is 3. The Labute approximate surface area is 117 Å². The van der Waals surface area contributed by atoms with Gasteiger partial charge in [0.05, 0.1) is 5.92 Å². The van der Waals surface area contributed by atoms with Gasteiger partial charge in [-0.1, -0.05) is 19.8 Å². The number of amides is 1. The Balaban J connectivity index is 2.78. The van der Waals surface area contributed by atoms with Crippen molar-refractivity contribution in [3.63, 3.8) is 0 Å². The minimum atomic E-state index is -4.32. The second-order valence-corrected chi connectivity index (χ2v) is 5.92. The molecule has 1 aliphatic carbocycles. The highest BCUT2D eigenvalue weighted by molar-refractivity contribution is 5.80. The maximum absolute atomic E-state index is 13.0. The van der Waals surface area contributed by atoms with Crippen molar-refractivity contribution in [2.24, 2.45) is 11.8 Å². The van der Waals surface area contributed by atoms with Gasteiger partial charge in [-0.3, -0.25) is 4.79 Å². The van der Waals surface area contributed by atoms with E-state index in [0.29, 0.717) is 25.7 Å². The van der Waals surface area contributed by atoms with Gasteiger partial charge in [-0.05, 0) is 32.6 Å². The second kappa shape index (κ2) is 6.78. The summed E-state index contributed by atoms with van der Waals surface area (Å²) >= 11 is 0. The van der Waals surface area contributed by atoms with Crippen LogP contribution >= 0.6 is 0 Å². The van der Waals surface area contributed by atoms with Crippen LogP contribution in [0.5, 0.6) is 0 Å². The van der Waals surface area contributed by atoms with Crippen molar-refractivity contribution in [3.8, 4) is 0 Å². The molecule has 1 fully saturated rings. The summed E-state index contributed by atoms with van der Waals surface area (Å²) in [4.78, 5) is 12.2. The van der Waals surface area contributed by atoms with Gasteiger partial charge < -0.3 is 10.4 Å². The molecular weight excluding hydrogens is 271 g/mol. The average Bonchev–Trinajstić information content (AvgIpc) is 2.38. The van der Waals surface area contributed by atoms with E-state index in [4.69, 9.17) is 5.11 Å². The zero-order chi connectivity index (χ0) is 15.4. The smallest absolute Gasteiger partial charge is 0.392 e. The molecule has 0 saturated heterocycles. The lowest BCUT2D eigenvalue weighted by molar-refractivity contribution is -0.198. The van der Waals surface area contributed by atoms with Crippen molar-refractivity contribution < 1.29 is 23.1 Å². The molecular formula is C14H24F3NO2. The molecule has 0 heterocycles. The van der Waals surface area contributed by atoms with Gasteiger partial charge >= 0.3 is 6.18 Å². The quantitative estimate of drug-likeness (QED) is 0.819. The van der Waals surface area contributed by atoms with Crippen LogP contribution in [0.4, 0.5) is 13.2 Å². The van der Waals surface area contributed by atoms with Gasteiger partial charge in [0.15, 0.2) is 0 Å². The Morgan fingerprint density at radius 1 is 1.30 bits per heavy atom. The van der Waals surface area contributed by atoms with Crippen LogP contribution in [0.1, 0.15) is 52.4 Å². The molecule has 0 radical (unpaired) electrons. The van der Waals surface area contributed by atoms with E-state index in [2.05, 4.69) is 5.32 Å². The average molecular weight is 295 g/mol. The van der Waals surface area contributed by atoms with Crippen LogP contribution in [-0.2, 0) is 4.79 Å². The van der Waals surface area contributed by atoms with Crippen LogP contribution < -0.4 is 5.32 Å². The van der Waals surface area contributed by atoms with E-state index in [1.54, 1.807) is 6.92 Å². The molecule has 3 unspecified atom stereocenters. The summed E-state index contributed by atoms with van der Waals surface area (Å²) in [5.41, 5.74) is -0.639. The highest BCUT2D eigenvalue weighted by Crippen LogP contribution is 2.41. The summed E-state index contributed by atoms with van der Waals surface area (Å²) in [6.07, 6.45) is -1.90. The number of hydrogen-bond donors (Lipinski definition) is 2. The van der Waals surface area contributed by atoms with Crippen LogP contribution in [0, 0.1) is 11.8 Å². The van der Waals surface area contributed by atoms with Gasteiger partial charge in [-0.25, -0.2) is 0 Å². The van der Waals surface area contributed by atoms with Gasteiger partial charge in [0.2, 0.25) is 5.91 Å². The lowest BCUT2D eigenvalue weighted by Gasteiger charge is -2.36. The van der Waals surface area contributed by atoms with Gasteiger partial charge in [0.1, 0.15) is 0 Å². The third-order valence-corrected chi connectivity index (χ3v) is 4.39. The van der Waals surface area contributed by atoms with Crippen LogP contribution in [0.25, 0.3) is 0 Å². The fourth-order valence-electron chi connectivity index (χ4n) is 2.80. The molecule has 20 heavy (non-hydrogen) atoms. The zero-order valence-electron chi connectivity index (χ0n) is 12.1. The number of aliphatic hydroxyl groups is 1. The fraction of sp³-hybridized carbons (Fsp3) is 0.929. The van der Waals surface area contributed by atoms with Gasteiger partial charge in [-0.15, -0.1) is 0 Å². The minimum Gasteiger partial charge on any atom is -0.396 e. The second-order valence-electron chi connectivity index (χ2n) is 5.92. The third-order valence-electron chi connectivity index (χ3n) is 4.39.